The van der Waals surface area contributed by atoms with Gasteiger partial charge in [0.25, 0.3) is 6.43 Å². The van der Waals surface area contributed by atoms with Gasteiger partial charge in [-0.2, -0.15) is 0 Å². The fraction of sp³-hybridized carbons (Fsp3) is 0.167. The van der Waals surface area contributed by atoms with Gasteiger partial charge in [0, 0.05) is 23.9 Å². The predicted octanol–water partition coefficient (Wildman–Crippen LogP) is 2.54. The average Bonchev–Trinajstić information content (AvgIpc) is 2.39. The van der Waals surface area contributed by atoms with E-state index >= 15 is 0 Å². The highest BCUT2D eigenvalue weighted by molar-refractivity contribution is 5.54. The third-order valence-electron chi connectivity index (χ3n) is 2.36. The minimum absolute atomic E-state index is 0.00867. The van der Waals surface area contributed by atoms with E-state index in [0.29, 0.717) is 5.56 Å². The average molecular weight is 235 g/mol. The zero-order valence-corrected chi connectivity index (χ0v) is 8.98. The molecule has 0 saturated heterocycles. The second kappa shape index (κ2) is 4.97. The molecule has 0 radical (unpaired) electrons. The number of hydrogen-bond acceptors (Lipinski definition) is 3. The molecule has 0 bridgehead atoms. The summed E-state index contributed by atoms with van der Waals surface area (Å²) in [6.07, 6.45) is -1.28. The smallest absolute Gasteiger partial charge is 0.280 e. The summed E-state index contributed by atoms with van der Waals surface area (Å²) in [5, 5.41) is 0. The standard InChI is InChI=1S/C12H11F2N3/c13-11(14)10-9(6-15)7-16-12(17-10)8-4-2-1-3-5-8/h1-5,7,11H,6,15H2. The van der Waals surface area contributed by atoms with Crippen LogP contribution in [-0.2, 0) is 6.54 Å². The molecule has 17 heavy (non-hydrogen) atoms. The maximum absolute atomic E-state index is 12.8. The fourth-order valence-corrected chi connectivity index (χ4v) is 1.49. The van der Waals surface area contributed by atoms with Crippen LogP contribution in [0.25, 0.3) is 11.4 Å². The Hall–Kier alpha value is -1.88. The third kappa shape index (κ3) is 2.45. The molecule has 0 spiro atoms. The summed E-state index contributed by atoms with van der Waals surface area (Å²) >= 11 is 0. The lowest BCUT2D eigenvalue weighted by Crippen LogP contribution is -2.06. The highest BCUT2D eigenvalue weighted by Crippen LogP contribution is 2.23. The minimum Gasteiger partial charge on any atom is -0.326 e. The molecular weight excluding hydrogens is 224 g/mol. The number of nitrogens with zero attached hydrogens (tertiary/aromatic N) is 2. The molecule has 1 aromatic carbocycles. The molecule has 3 nitrogen and oxygen atoms in total. The van der Waals surface area contributed by atoms with E-state index in [1.54, 1.807) is 24.3 Å². The summed E-state index contributed by atoms with van der Waals surface area (Å²) in [6, 6.07) is 8.99. The molecule has 0 aliphatic heterocycles. The molecule has 0 aliphatic rings. The van der Waals surface area contributed by atoms with Gasteiger partial charge in [-0.3, -0.25) is 0 Å². The first-order valence-corrected chi connectivity index (χ1v) is 5.12. The first kappa shape index (κ1) is 11.6. The summed E-state index contributed by atoms with van der Waals surface area (Å²) in [4.78, 5) is 7.91. The van der Waals surface area contributed by atoms with Crippen LogP contribution in [0.15, 0.2) is 36.5 Å². The van der Waals surface area contributed by atoms with Crippen LogP contribution in [-0.4, -0.2) is 9.97 Å². The summed E-state index contributed by atoms with van der Waals surface area (Å²) in [5.41, 5.74) is 6.06. The van der Waals surface area contributed by atoms with Crippen LogP contribution in [0.1, 0.15) is 17.7 Å². The van der Waals surface area contributed by atoms with Gasteiger partial charge in [-0.15, -0.1) is 0 Å². The van der Waals surface area contributed by atoms with Gasteiger partial charge in [0.2, 0.25) is 0 Å². The number of halogens is 2. The van der Waals surface area contributed by atoms with Crippen molar-refractivity contribution < 1.29 is 8.78 Å². The first-order chi connectivity index (χ1) is 8.22. The molecule has 1 aromatic heterocycles. The second-order valence-corrected chi connectivity index (χ2v) is 3.47. The second-order valence-electron chi connectivity index (χ2n) is 3.47. The Labute approximate surface area is 97.3 Å². The Morgan fingerprint density at radius 1 is 1.18 bits per heavy atom. The third-order valence-corrected chi connectivity index (χ3v) is 2.36. The fourth-order valence-electron chi connectivity index (χ4n) is 1.49. The van der Waals surface area contributed by atoms with Crippen LogP contribution in [0, 0.1) is 0 Å². The molecule has 0 unspecified atom stereocenters. The van der Waals surface area contributed by atoms with E-state index in [1.165, 1.54) is 6.20 Å². The van der Waals surface area contributed by atoms with Crippen molar-refractivity contribution in [2.45, 2.75) is 13.0 Å². The SMILES string of the molecule is NCc1cnc(-c2ccccc2)nc1C(F)F. The number of nitrogens with two attached hydrogens (primary N) is 1. The molecule has 2 N–H and O–H groups in total. The topological polar surface area (TPSA) is 51.8 Å². The van der Waals surface area contributed by atoms with E-state index in [-0.39, 0.29) is 23.6 Å². The number of hydrogen-bond donors (Lipinski definition) is 1. The van der Waals surface area contributed by atoms with Gasteiger partial charge in [-0.1, -0.05) is 30.3 Å². The molecule has 0 amide bonds. The van der Waals surface area contributed by atoms with E-state index in [4.69, 9.17) is 5.73 Å². The zero-order chi connectivity index (χ0) is 12.3. The molecule has 0 fully saturated rings. The van der Waals surface area contributed by atoms with Crippen molar-refractivity contribution in [1.82, 2.24) is 9.97 Å². The maximum atomic E-state index is 12.8. The molecule has 88 valence electrons. The van der Waals surface area contributed by atoms with Crippen LogP contribution >= 0.6 is 0 Å². The molecule has 0 aliphatic carbocycles. The van der Waals surface area contributed by atoms with Gasteiger partial charge in [-0.05, 0) is 0 Å². The van der Waals surface area contributed by atoms with Gasteiger partial charge >= 0.3 is 0 Å². The van der Waals surface area contributed by atoms with Crippen molar-refractivity contribution in [3.8, 4) is 11.4 Å². The van der Waals surface area contributed by atoms with Crippen molar-refractivity contribution in [2.75, 3.05) is 0 Å². The number of alkyl halides is 2. The van der Waals surface area contributed by atoms with Crippen molar-refractivity contribution in [1.29, 1.82) is 0 Å². The van der Waals surface area contributed by atoms with Crippen molar-refractivity contribution in [2.24, 2.45) is 5.73 Å². The normalized spacial score (nSPS) is 10.8. The number of rotatable bonds is 3. The van der Waals surface area contributed by atoms with Crippen molar-refractivity contribution >= 4 is 0 Å². The van der Waals surface area contributed by atoms with Crippen LogP contribution in [0.4, 0.5) is 8.78 Å². The Bertz CT molecular complexity index is 500. The van der Waals surface area contributed by atoms with Gasteiger partial charge in [-0.25, -0.2) is 18.7 Å². The van der Waals surface area contributed by atoms with Gasteiger partial charge in [0.1, 0.15) is 5.69 Å². The maximum Gasteiger partial charge on any atom is 0.280 e. The summed E-state index contributed by atoms with van der Waals surface area (Å²) < 4.78 is 25.5. The number of aromatic nitrogens is 2. The van der Waals surface area contributed by atoms with E-state index < -0.39 is 6.43 Å². The lowest BCUT2D eigenvalue weighted by atomic mass is 10.2. The van der Waals surface area contributed by atoms with Crippen LogP contribution in [0.5, 0.6) is 0 Å². The molecule has 2 rings (SSSR count). The highest BCUT2D eigenvalue weighted by atomic mass is 19.3. The molecule has 5 heteroatoms. The lowest BCUT2D eigenvalue weighted by Gasteiger charge is -2.07. The lowest BCUT2D eigenvalue weighted by molar-refractivity contribution is 0.144. The molecule has 0 atom stereocenters. The predicted molar refractivity (Wildman–Crippen MR) is 60.3 cm³/mol. The van der Waals surface area contributed by atoms with E-state index in [9.17, 15) is 8.78 Å². The summed E-state index contributed by atoms with van der Waals surface area (Å²) in [7, 11) is 0. The van der Waals surface area contributed by atoms with Crippen LogP contribution in [0.3, 0.4) is 0 Å². The zero-order valence-electron chi connectivity index (χ0n) is 8.98. The van der Waals surface area contributed by atoms with Gasteiger partial charge in [0.05, 0.1) is 0 Å². The van der Waals surface area contributed by atoms with Crippen LogP contribution < -0.4 is 5.73 Å². The minimum atomic E-state index is -2.64. The van der Waals surface area contributed by atoms with E-state index in [2.05, 4.69) is 9.97 Å². The Kier molecular flexibility index (Phi) is 3.39. The highest BCUT2D eigenvalue weighted by Gasteiger charge is 2.16. The first-order valence-electron chi connectivity index (χ1n) is 5.12. The monoisotopic (exact) mass is 235 g/mol. The van der Waals surface area contributed by atoms with Crippen molar-refractivity contribution in [3.63, 3.8) is 0 Å². The Morgan fingerprint density at radius 2 is 1.88 bits per heavy atom. The van der Waals surface area contributed by atoms with Crippen LogP contribution in [0.2, 0.25) is 0 Å². The van der Waals surface area contributed by atoms with Gasteiger partial charge < -0.3 is 5.73 Å². The summed E-state index contributed by atoms with van der Waals surface area (Å²) in [5.74, 6) is 0.290. The quantitative estimate of drug-likeness (QED) is 0.889. The molecule has 1 heterocycles. The largest absolute Gasteiger partial charge is 0.326 e. The molecular formula is C12H11F2N3. The van der Waals surface area contributed by atoms with Gasteiger partial charge in [0.15, 0.2) is 5.82 Å². The molecule has 2 aromatic rings. The van der Waals surface area contributed by atoms with E-state index in [1.807, 2.05) is 6.07 Å². The van der Waals surface area contributed by atoms with Crippen molar-refractivity contribution in [3.05, 3.63) is 47.8 Å². The Morgan fingerprint density at radius 3 is 2.47 bits per heavy atom. The molecule has 0 saturated carbocycles. The Balaban J connectivity index is 2.48. The summed E-state index contributed by atoms with van der Waals surface area (Å²) in [6.45, 7) is 0.00867. The van der Waals surface area contributed by atoms with E-state index in [0.717, 1.165) is 0 Å². The number of benzene rings is 1.